The van der Waals surface area contributed by atoms with Gasteiger partial charge < -0.3 is 15.0 Å². The number of hydrogen-bond acceptors (Lipinski definition) is 4. The van der Waals surface area contributed by atoms with Crippen LogP contribution in [0.3, 0.4) is 0 Å². The molecule has 1 N–H and O–H groups in total. The second kappa shape index (κ2) is 9.00. The molecule has 0 bridgehead atoms. The van der Waals surface area contributed by atoms with E-state index in [-0.39, 0.29) is 11.7 Å². The van der Waals surface area contributed by atoms with E-state index in [9.17, 15) is 18.0 Å². The third kappa shape index (κ3) is 5.26. The third-order valence-electron chi connectivity index (χ3n) is 5.23. The number of carbonyl (C=O) groups excluding carboxylic acids is 1. The van der Waals surface area contributed by atoms with E-state index in [2.05, 4.69) is 15.0 Å². The summed E-state index contributed by atoms with van der Waals surface area (Å²) in [6.45, 7) is 4.00. The number of rotatable bonds is 7. The number of alkyl halides is 3. The van der Waals surface area contributed by atoms with Gasteiger partial charge in [-0.15, -0.1) is 13.2 Å². The second-order valence-electron chi connectivity index (χ2n) is 7.72. The van der Waals surface area contributed by atoms with E-state index in [4.69, 9.17) is 0 Å². The van der Waals surface area contributed by atoms with Gasteiger partial charge in [0.1, 0.15) is 5.75 Å². The molecule has 0 saturated carbocycles. The Morgan fingerprint density at radius 1 is 1.06 bits per heavy atom. The molecule has 0 saturated heterocycles. The topological polar surface area (TPSA) is 54.5 Å². The van der Waals surface area contributed by atoms with Crippen molar-refractivity contribution in [1.82, 2.24) is 15.2 Å². The molecule has 4 rings (SSSR count). The van der Waals surface area contributed by atoms with Crippen LogP contribution in [0.25, 0.3) is 0 Å². The van der Waals surface area contributed by atoms with Gasteiger partial charge in [-0.3, -0.25) is 9.78 Å². The summed E-state index contributed by atoms with van der Waals surface area (Å²) in [7, 11) is 0. The van der Waals surface area contributed by atoms with Crippen LogP contribution < -0.4 is 10.1 Å². The van der Waals surface area contributed by atoms with Crippen LogP contribution in [0.15, 0.2) is 60.8 Å². The van der Waals surface area contributed by atoms with Crippen LogP contribution in [0.5, 0.6) is 5.75 Å². The summed E-state index contributed by atoms with van der Waals surface area (Å²) < 4.78 is 40.9. The average Bonchev–Trinajstić information content (AvgIpc) is 3.05. The summed E-state index contributed by atoms with van der Waals surface area (Å²) in [6, 6.07) is 15.4. The van der Waals surface area contributed by atoms with Crippen LogP contribution in [0.4, 0.5) is 13.2 Å². The first-order valence-corrected chi connectivity index (χ1v) is 10.2. The summed E-state index contributed by atoms with van der Waals surface area (Å²) in [5, 5.41) is 3.37. The first-order valence-electron chi connectivity index (χ1n) is 10.2. The van der Waals surface area contributed by atoms with Crippen molar-refractivity contribution in [3.63, 3.8) is 0 Å². The summed E-state index contributed by atoms with van der Waals surface area (Å²) in [4.78, 5) is 18.9. The van der Waals surface area contributed by atoms with Crippen molar-refractivity contribution in [3.8, 4) is 5.75 Å². The maximum Gasteiger partial charge on any atom is 0.573 e. The number of benzene rings is 2. The lowest BCUT2D eigenvalue weighted by atomic mass is 10.0. The lowest BCUT2D eigenvalue weighted by Crippen LogP contribution is -2.23. The van der Waals surface area contributed by atoms with Crippen molar-refractivity contribution in [2.45, 2.75) is 39.5 Å². The van der Waals surface area contributed by atoms with E-state index >= 15 is 0 Å². The minimum Gasteiger partial charge on any atom is -0.406 e. The highest BCUT2D eigenvalue weighted by molar-refractivity contribution is 5.99. The first kappa shape index (κ1) is 21.8. The van der Waals surface area contributed by atoms with Crippen LogP contribution in [-0.4, -0.2) is 22.2 Å². The van der Waals surface area contributed by atoms with Gasteiger partial charge in [-0.25, -0.2) is 0 Å². The summed E-state index contributed by atoms with van der Waals surface area (Å²) >= 11 is 0. The van der Waals surface area contributed by atoms with Gasteiger partial charge >= 0.3 is 6.36 Å². The highest BCUT2D eigenvalue weighted by Crippen LogP contribution is 2.29. The number of aromatic nitrogens is 1. The predicted molar refractivity (Wildman–Crippen MR) is 113 cm³/mol. The average molecular weight is 441 g/mol. The van der Waals surface area contributed by atoms with Crippen molar-refractivity contribution >= 4 is 5.91 Å². The number of nitrogens with one attached hydrogen (secondary N) is 1. The van der Waals surface area contributed by atoms with E-state index in [0.717, 1.165) is 27.9 Å². The van der Waals surface area contributed by atoms with Crippen LogP contribution in [0.2, 0.25) is 0 Å². The third-order valence-corrected chi connectivity index (χ3v) is 5.23. The van der Waals surface area contributed by atoms with Gasteiger partial charge in [0.25, 0.3) is 5.91 Å². The number of hydrogen-bond donors (Lipinski definition) is 1. The zero-order valence-electron chi connectivity index (χ0n) is 17.4. The van der Waals surface area contributed by atoms with Crippen LogP contribution in [-0.2, 0) is 26.2 Å². The molecule has 3 aromatic rings. The van der Waals surface area contributed by atoms with Gasteiger partial charge in [0.05, 0.1) is 5.69 Å². The lowest BCUT2D eigenvalue weighted by molar-refractivity contribution is -0.274. The van der Waals surface area contributed by atoms with Gasteiger partial charge in [-0.1, -0.05) is 30.3 Å². The van der Waals surface area contributed by atoms with Gasteiger partial charge in [0.2, 0.25) is 0 Å². The Morgan fingerprint density at radius 2 is 1.84 bits per heavy atom. The number of nitrogens with zero attached hydrogens (tertiary/aromatic N) is 2. The molecule has 0 fully saturated rings. The second-order valence-corrected chi connectivity index (χ2v) is 7.72. The molecule has 2 heterocycles. The minimum absolute atomic E-state index is 0.0684. The molecular weight excluding hydrogens is 419 g/mol. The Balaban J connectivity index is 1.40. The van der Waals surface area contributed by atoms with Gasteiger partial charge in [0.15, 0.2) is 0 Å². The molecule has 32 heavy (non-hydrogen) atoms. The number of aryl methyl sites for hydroxylation is 1. The van der Waals surface area contributed by atoms with E-state index in [1.54, 1.807) is 11.1 Å². The fourth-order valence-corrected chi connectivity index (χ4v) is 3.89. The Labute approximate surface area is 183 Å². The monoisotopic (exact) mass is 441 g/mol. The molecule has 1 aromatic heterocycles. The number of halogens is 3. The molecule has 166 valence electrons. The molecule has 2 aromatic carbocycles. The molecule has 1 aliphatic rings. The number of carbonyl (C=O) groups is 1. The van der Waals surface area contributed by atoms with Crippen molar-refractivity contribution in [2.75, 3.05) is 0 Å². The van der Waals surface area contributed by atoms with E-state index in [1.165, 1.54) is 24.3 Å². The highest BCUT2D eigenvalue weighted by atomic mass is 19.4. The summed E-state index contributed by atoms with van der Waals surface area (Å²) in [5.74, 6) is -0.350. The molecule has 0 atom stereocenters. The first-order chi connectivity index (χ1) is 15.3. The smallest absolute Gasteiger partial charge is 0.406 e. The normalized spacial score (nSPS) is 13.4. The maximum absolute atomic E-state index is 12.9. The standard InChI is InChI=1S/C24H22F3N3O2/c1-16-10-18(12-28-13-20-4-2-3-9-29-20)11-19-15-30(23(31)22(16)19)14-17-5-7-21(8-6-17)32-24(25,26)27/h2-11,28H,12-15H2,1H3. The number of amides is 1. The van der Waals surface area contributed by atoms with Crippen LogP contribution >= 0.6 is 0 Å². The zero-order valence-corrected chi connectivity index (χ0v) is 17.4. The van der Waals surface area contributed by atoms with Gasteiger partial charge in [-0.05, 0) is 53.4 Å². The van der Waals surface area contributed by atoms with Crippen LogP contribution in [0, 0.1) is 6.92 Å². The summed E-state index contributed by atoms with van der Waals surface area (Å²) in [5.41, 5.74) is 5.35. The Kier molecular flexibility index (Phi) is 6.14. The van der Waals surface area contributed by atoms with Crippen molar-refractivity contribution in [3.05, 3.63) is 94.3 Å². The largest absolute Gasteiger partial charge is 0.573 e. The quantitative estimate of drug-likeness (QED) is 0.576. The fraction of sp³-hybridized carbons (Fsp3) is 0.250. The maximum atomic E-state index is 12.9. The Morgan fingerprint density at radius 3 is 2.53 bits per heavy atom. The van der Waals surface area contributed by atoms with E-state index in [0.29, 0.717) is 31.7 Å². The van der Waals surface area contributed by atoms with Crippen molar-refractivity contribution in [2.24, 2.45) is 0 Å². The van der Waals surface area contributed by atoms with Crippen molar-refractivity contribution < 1.29 is 22.7 Å². The van der Waals surface area contributed by atoms with Crippen LogP contribution in [0.1, 0.15) is 38.3 Å². The minimum atomic E-state index is -4.73. The Hall–Kier alpha value is -3.39. The molecule has 5 nitrogen and oxygen atoms in total. The van der Waals surface area contributed by atoms with Gasteiger partial charge in [0, 0.05) is 37.9 Å². The number of fused-ring (bicyclic) bond motifs is 1. The number of pyridine rings is 1. The van der Waals surface area contributed by atoms with E-state index < -0.39 is 6.36 Å². The molecule has 1 aliphatic heterocycles. The molecule has 1 amide bonds. The molecular formula is C24H22F3N3O2. The molecule has 0 spiro atoms. The predicted octanol–water partition coefficient (Wildman–Crippen LogP) is 4.73. The SMILES string of the molecule is Cc1cc(CNCc2ccccn2)cc2c1C(=O)N(Cc1ccc(OC(F)(F)F)cc1)C2. The van der Waals surface area contributed by atoms with Gasteiger partial charge in [-0.2, -0.15) is 0 Å². The summed E-state index contributed by atoms with van der Waals surface area (Å²) in [6.07, 6.45) is -2.97. The lowest BCUT2D eigenvalue weighted by Gasteiger charge is -2.16. The molecule has 0 aliphatic carbocycles. The Bertz CT molecular complexity index is 1100. The fourth-order valence-electron chi connectivity index (χ4n) is 3.89. The number of ether oxygens (including phenoxy) is 1. The molecule has 0 unspecified atom stereocenters. The van der Waals surface area contributed by atoms with Crippen molar-refractivity contribution in [1.29, 1.82) is 0 Å². The molecule has 8 heteroatoms. The highest BCUT2D eigenvalue weighted by Gasteiger charge is 2.31. The van der Waals surface area contributed by atoms with E-state index in [1.807, 2.05) is 37.3 Å². The zero-order chi connectivity index (χ0) is 22.7. The molecule has 0 radical (unpaired) electrons.